The van der Waals surface area contributed by atoms with E-state index in [9.17, 15) is 9.59 Å². The van der Waals surface area contributed by atoms with Gasteiger partial charge in [0.2, 0.25) is 0 Å². The van der Waals surface area contributed by atoms with Crippen LogP contribution in [-0.2, 0) is 6.54 Å². The molecule has 3 heterocycles. The second kappa shape index (κ2) is 8.26. The maximum Gasteiger partial charge on any atom is 0.257 e. The minimum Gasteiger partial charge on any atom is -0.346 e. The summed E-state index contributed by atoms with van der Waals surface area (Å²) in [4.78, 5) is 37.6. The van der Waals surface area contributed by atoms with E-state index in [1.54, 1.807) is 18.5 Å². The zero-order valence-corrected chi connectivity index (χ0v) is 15.4. The van der Waals surface area contributed by atoms with Crippen molar-refractivity contribution < 1.29 is 9.59 Å². The maximum absolute atomic E-state index is 12.7. The Labute approximate surface area is 166 Å². The number of nitrogens with one attached hydrogen (secondary N) is 2. The third-order valence-corrected chi connectivity index (χ3v) is 4.30. The predicted octanol–water partition coefficient (Wildman–Crippen LogP) is 3.21. The van der Waals surface area contributed by atoms with Crippen molar-refractivity contribution in [3.05, 3.63) is 96.2 Å². The summed E-state index contributed by atoms with van der Waals surface area (Å²) in [5, 5.41) is 6.54. The van der Waals surface area contributed by atoms with Crippen LogP contribution in [0, 0.1) is 0 Å². The van der Waals surface area contributed by atoms with Crippen molar-refractivity contribution in [3.63, 3.8) is 0 Å². The number of hydrogen-bond donors (Lipinski definition) is 2. The number of carbonyl (C=O) groups excluding carboxylic acids is 2. The first-order chi connectivity index (χ1) is 14.2. The summed E-state index contributed by atoms with van der Waals surface area (Å²) in [5.74, 6) is -0.695. The van der Waals surface area contributed by atoms with Gasteiger partial charge >= 0.3 is 0 Å². The van der Waals surface area contributed by atoms with E-state index in [1.807, 2.05) is 42.5 Å². The molecule has 0 aliphatic carbocycles. The summed E-state index contributed by atoms with van der Waals surface area (Å²) in [6, 6.07) is 16.3. The van der Waals surface area contributed by atoms with Crippen LogP contribution in [0.1, 0.15) is 26.4 Å². The van der Waals surface area contributed by atoms with Crippen LogP contribution < -0.4 is 10.6 Å². The van der Waals surface area contributed by atoms with Crippen molar-refractivity contribution in [3.8, 4) is 0 Å². The average Bonchev–Trinajstić information content (AvgIpc) is 2.78. The van der Waals surface area contributed by atoms with Crippen molar-refractivity contribution in [1.29, 1.82) is 0 Å². The number of carbonyl (C=O) groups is 2. The topological polar surface area (TPSA) is 96.9 Å². The standard InChI is InChI=1S/C22H17N5O2/c28-21(26-14-18-7-1-2-9-24-18)16-11-17(13-23-12-16)22(29)27-19-8-3-5-15-6-4-10-25-20(15)19/h1-13H,14H2,(H,26,28)(H,27,29). The quantitative estimate of drug-likeness (QED) is 0.552. The Morgan fingerprint density at radius 2 is 1.62 bits per heavy atom. The lowest BCUT2D eigenvalue weighted by molar-refractivity contribution is 0.0950. The maximum atomic E-state index is 12.7. The zero-order chi connectivity index (χ0) is 20.1. The third-order valence-electron chi connectivity index (χ3n) is 4.30. The Bertz CT molecular complexity index is 1170. The molecule has 0 unspecified atom stereocenters. The molecule has 1 aromatic carbocycles. The minimum atomic E-state index is -0.366. The van der Waals surface area contributed by atoms with E-state index in [4.69, 9.17) is 0 Å². The smallest absolute Gasteiger partial charge is 0.257 e. The molecule has 0 aliphatic heterocycles. The third kappa shape index (κ3) is 4.24. The van der Waals surface area contributed by atoms with Crippen LogP contribution in [0.5, 0.6) is 0 Å². The molecule has 0 saturated carbocycles. The highest BCUT2D eigenvalue weighted by Gasteiger charge is 2.13. The number of nitrogens with zero attached hydrogens (tertiary/aromatic N) is 3. The molecule has 7 heteroatoms. The normalized spacial score (nSPS) is 10.5. The molecule has 4 aromatic rings. The second-order valence-corrected chi connectivity index (χ2v) is 6.30. The first kappa shape index (κ1) is 18.2. The van der Waals surface area contributed by atoms with Gasteiger partial charge in [0.15, 0.2) is 0 Å². The summed E-state index contributed by atoms with van der Waals surface area (Å²) in [5.41, 5.74) is 2.61. The van der Waals surface area contributed by atoms with E-state index in [0.29, 0.717) is 16.8 Å². The number of benzene rings is 1. The Kier molecular flexibility index (Phi) is 5.20. The molecule has 0 atom stereocenters. The van der Waals surface area contributed by atoms with Gasteiger partial charge in [-0.25, -0.2) is 0 Å². The molecule has 2 N–H and O–H groups in total. The lowest BCUT2D eigenvalue weighted by Crippen LogP contribution is -2.24. The van der Waals surface area contributed by atoms with Gasteiger partial charge in [-0.15, -0.1) is 0 Å². The largest absolute Gasteiger partial charge is 0.346 e. The number of para-hydroxylation sites is 1. The van der Waals surface area contributed by atoms with Gasteiger partial charge in [-0.3, -0.25) is 24.5 Å². The summed E-state index contributed by atoms with van der Waals surface area (Å²) < 4.78 is 0. The van der Waals surface area contributed by atoms with Crippen molar-refractivity contribution in [2.45, 2.75) is 6.54 Å². The number of pyridine rings is 3. The molecule has 2 amide bonds. The lowest BCUT2D eigenvalue weighted by Gasteiger charge is -2.09. The Balaban J connectivity index is 1.49. The van der Waals surface area contributed by atoms with Gasteiger partial charge in [0.05, 0.1) is 34.6 Å². The van der Waals surface area contributed by atoms with Crippen LogP contribution in [0.4, 0.5) is 5.69 Å². The second-order valence-electron chi connectivity index (χ2n) is 6.30. The van der Waals surface area contributed by atoms with Crippen molar-refractivity contribution in [2.75, 3.05) is 5.32 Å². The van der Waals surface area contributed by atoms with Crippen molar-refractivity contribution in [2.24, 2.45) is 0 Å². The molecular weight excluding hydrogens is 366 g/mol. The highest BCUT2D eigenvalue weighted by molar-refractivity contribution is 6.09. The first-order valence-corrected chi connectivity index (χ1v) is 8.99. The van der Waals surface area contributed by atoms with Crippen molar-refractivity contribution in [1.82, 2.24) is 20.3 Å². The van der Waals surface area contributed by atoms with Crippen LogP contribution in [0.3, 0.4) is 0 Å². The van der Waals surface area contributed by atoms with E-state index in [1.165, 1.54) is 18.5 Å². The summed E-state index contributed by atoms with van der Waals surface area (Å²) in [6.07, 6.45) is 6.18. The van der Waals surface area contributed by atoms with Crippen molar-refractivity contribution >= 4 is 28.4 Å². The van der Waals surface area contributed by atoms with Crippen LogP contribution in [0.15, 0.2) is 79.4 Å². The molecule has 0 radical (unpaired) electrons. The fourth-order valence-electron chi connectivity index (χ4n) is 2.86. The highest BCUT2D eigenvalue weighted by atomic mass is 16.2. The van der Waals surface area contributed by atoms with Gasteiger partial charge in [-0.2, -0.15) is 0 Å². The molecule has 0 saturated heterocycles. The van der Waals surface area contributed by atoms with Crippen LogP contribution in [0.25, 0.3) is 10.9 Å². The molecule has 0 aliphatic rings. The van der Waals surface area contributed by atoms with Gasteiger partial charge in [0.25, 0.3) is 11.8 Å². The van der Waals surface area contributed by atoms with E-state index in [2.05, 4.69) is 25.6 Å². The average molecular weight is 383 g/mol. The number of hydrogen-bond acceptors (Lipinski definition) is 5. The highest BCUT2D eigenvalue weighted by Crippen LogP contribution is 2.21. The summed E-state index contributed by atoms with van der Waals surface area (Å²) >= 11 is 0. The molecule has 0 bridgehead atoms. The molecule has 142 valence electrons. The van der Waals surface area contributed by atoms with E-state index < -0.39 is 0 Å². The molecule has 3 aromatic heterocycles. The number of amides is 2. The van der Waals surface area contributed by atoms with Gasteiger partial charge < -0.3 is 10.6 Å². The summed E-state index contributed by atoms with van der Waals surface area (Å²) in [6.45, 7) is 0.289. The van der Waals surface area contributed by atoms with E-state index in [0.717, 1.165) is 11.1 Å². The fourth-order valence-corrected chi connectivity index (χ4v) is 2.86. The van der Waals surface area contributed by atoms with E-state index in [-0.39, 0.29) is 23.9 Å². The zero-order valence-electron chi connectivity index (χ0n) is 15.4. The van der Waals surface area contributed by atoms with Crippen LogP contribution in [0.2, 0.25) is 0 Å². The molecular formula is C22H17N5O2. The molecule has 7 nitrogen and oxygen atoms in total. The number of anilines is 1. The molecule has 0 fully saturated rings. The molecule has 0 spiro atoms. The number of rotatable bonds is 5. The monoisotopic (exact) mass is 383 g/mol. The number of aromatic nitrogens is 3. The Morgan fingerprint density at radius 3 is 2.45 bits per heavy atom. The predicted molar refractivity (Wildman–Crippen MR) is 109 cm³/mol. The fraction of sp³-hybridized carbons (Fsp3) is 0.0455. The minimum absolute atomic E-state index is 0.281. The lowest BCUT2D eigenvalue weighted by atomic mass is 10.1. The van der Waals surface area contributed by atoms with Gasteiger partial charge in [0, 0.05) is 30.2 Å². The van der Waals surface area contributed by atoms with Gasteiger partial charge in [-0.1, -0.05) is 24.3 Å². The van der Waals surface area contributed by atoms with Gasteiger partial charge in [-0.05, 0) is 30.3 Å². The molecule has 4 rings (SSSR count). The summed E-state index contributed by atoms with van der Waals surface area (Å²) in [7, 11) is 0. The Morgan fingerprint density at radius 1 is 0.828 bits per heavy atom. The van der Waals surface area contributed by atoms with Crippen LogP contribution >= 0.6 is 0 Å². The molecule has 29 heavy (non-hydrogen) atoms. The van der Waals surface area contributed by atoms with Crippen LogP contribution in [-0.4, -0.2) is 26.8 Å². The number of fused-ring (bicyclic) bond motifs is 1. The SMILES string of the molecule is O=C(NCc1ccccn1)c1cncc(C(=O)Nc2cccc3cccnc23)c1. The van der Waals surface area contributed by atoms with E-state index >= 15 is 0 Å². The van der Waals surface area contributed by atoms with Gasteiger partial charge in [0.1, 0.15) is 0 Å². The Hall–Kier alpha value is -4.13. The first-order valence-electron chi connectivity index (χ1n) is 8.99.